The fourth-order valence-corrected chi connectivity index (χ4v) is 5.11. The van der Waals surface area contributed by atoms with Crippen LogP contribution in [0.25, 0.3) is 11.4 Å². The second-order valence-corrected chi connectivity index (χ2v) is 9.79. The van der Waals surface area contributed by atoms with Gasteiger partial charge in [-0.3, -0.25) is 19.8 Å². The minimum absolute atomic E-state index is 0.000993. The number of benzene rings is 3. The zero-order chi connectivity index (χ0) is 30.8. The van der Waals surface area contributed by atoms with Crippen molar-refractivity contribution in [2.45, 2.75) is 19.8 Å². The van der Waals surface area contributed by atoms with Crippen LogP contribution in [0.3, 0.4) is 0 Å². The first-order valence-electron chi connectivity index (χ1n) is 13.1. The molecule has 216 valence electrons. The summed E-state index contributed by atoms with van der Waals surface area (Å²) in [5, 5.41) is 25.0. The molecule has 43 heavy (non-hydrogen) atoms. The second-order valence-electron chi connectivity index (χ2n) is 9.79. The lowest BCUT2D eigenvalue weighted by Crippen LogP contribution is -2.25. The molecular weight excluding hydrogens is 552 g/mol. The Morgan fingerprint density at radius 2 is 1.30 bits per heavy atom. The van der Waals surface area contributed by atoms with Crippen molar-refractivity contribution in [3.05, 3.63) is 133 Å². The number of carboxylic acids is 2. The van der Waals surface area contributed by atoms with E-state index in [1.54, 1.807) is 50.2 Å². The van der Waals surface area contributed by atoms with Crippen molar-refractivity contribution in [2.24, 2.45) is 0 Å². The SMILES string of the molecule is C#CCOc1cccc(C(c2c(C)[nH]n(-c3cccc(C(=O)O)c3)c2=O)c2c(C)[nH]n(-c3cccc(C(=O)O)c3)c2=O)c1. The van der Waals surface area contributed by atoms with Crippen molar-refractivity contribution in [1.29, 1.82) is 0 Å². The molecule has 0 fully saturated rings. The van der Waals surface area contributed by atoms with Crippen molar-refractivity contribution in [2.75, 3.05) is 6.61 Å². The molecule has 0 spiro atoms. The summed E-state index contributed by atoms with van der Waals surface area (Å²) in [5.74, 6) is -0.348. The number of aromatic amines is 2. The van der Waals surface area contributed by atoms with Gasteiger partial charge in [-0.15, -0.1) is 6.42 Å². The molecule has 0 aliphatic carbocycles. The lowest BCUT2D eigenvalue weighted by atomic mass is 9.85. The van der Waals surface area contributed by atoms with Gasteiger partial charge in [0, 0.05) is 17.3 Å². The molecule has 0 bridgehead atoms. The summed E-state index contributed by atoms with van der Waals surface area (Å²) in [7, 11) is 0. The molecule has 0 aliphatic rings. The first kappa shape index (κ1) is 28.5. The molecule has 0 unspecified atom stereocenters. The number of H-pyrrole nitrogens is 2. The number of carboxylic acid groups (broad SMARTS) is 2. The number of carbonyl (C=O) groups is 2. The maximum Gasteiger partial charge on any atom is 0.335 e. The van der Waals surface area contributed by atoms with Crippen molar-refractivity contribution in [3.8, 4) is 29.5 Å². The van der Waals surface area contributed by atoms with E-state index in [1.165, 1.54) is 45.8 Å². The number of nitrogens with one attached hydrogen (secondary N) is 2. The van der Waals surface area contributed by atoms with Crippen molar-refractivity contribution < 1.29 is 24.5 Å². The first-order chi connectivity index (χ1) is 20.6. The highest BCUT2D eigenvalue weighted by Gasteiger charge is 2.31. The van der Waals surface area contributed by atoms with E-state index in [1.807, 2.05) is 0 Å². The number of rotatable bonds is 9. The van der Waals surface area contributed by atoms with E-state index in [0.29, 0.717) is 34.1 Å². The zero-order valence-corrected chi connectivity index (χ0v) is 23.1. The molecule has 11 heteroatoms. The van der Waals surface area contributed by atoms with Gasteiger partial charge in [0.1, 0.15) is 12.4 Å². The van der Waals surface area contributed by atoms with Gasteiger partial charge in [-0.25, -0.2) is 19.0 Å². The maximum absolute atomic E-state index is 14.1. The topological polar surface area (TPSA) is 159 Å². The molecule has 2 heterocycles. The molecule has 0 saturated carbocycles. The molecule has 3 aromatic carbocycles. The summed E-state index contributed by atoms with van der Waals surface area (Å²) in [5.41, 5.74) is 1.60. The average molecular weight is 579 g/mol. The molecule has 0 radical (unpaired) electrons. The van der Waals surface area contributed by atoms with E-state index < -0.39 is 29.0 Å². The Labute approximate surface area is 244 Å². The molecule has 0 saturated heterocycles. The van der Waals surface area contributed by atoms with E-state index >= 15 is 0 Å². The fourth-order valence-electron chi connectivity index (χ4n) is 5.11. The smallest absolute Gasteiger partial charge is 0.335 e. The monoisotopic (exact) mass is 578 g/mol. The highest BCUT2D eigenvalue weighted by Crippen LogP contribution is 2.34. The Balaban J connectivity index is 1.75. The molecule has 5 aromatic rings. The summed E-state index contributed by atoms with van der Waals surface area (Å²) in [6.07, 6.45) is 5.37. The van der Waals surface area contributed by atoms with Crippen LogP contribution >= 0.6 is 0 Å². The molecule has 0 atom stereocenters. The second kappa shape index (κ2) is 11.5. The Bertz CT molecular complexity index is 1920. The molecule has 2 aromatic heterocycles. The Morgan fingerprint density at radius 3 is 1.77 bits per heavy atom. The molecule has 0 amide bonds. The lowest BCUT2D eigenvalue weighted by Gasteiger charge is -2.17. The minimum atomic E-state index is -1.14. The number of hydrogen-bond acceptors (Lipinski definition) is 5. The van der Waals surface area contributed by atoms with Gasteiger partial charge in [0.25, 0.3) is 11.1 Å². The minimum Gasteiger partial charge on any atom is -0.481 e. The van der Waals surface area contributed by atoms with Gasteiger partial charge in [0.2, 0.25) is 0 Å². The van der Waals surface area contributed by atoms with E-state index in [0.717, 1.165) is 0 Å². The molecule has 11 nitrogen and oxygen atoms in total. The summed E-state index contributed by atoms with van der Waals surface area (Å²) < 4.78 is 8.10. The molecule has 4 N–H and O–H groups in total. The summed E-state index contributed by atoms with van der Waals surface area (Å²) in [4.78, 5) is 51.3. The maximum atomic E-state index is 14.1. The zero-order valence-electron chi connectivity index (χ0n) is 23.1. The van der Waals surface area contributed by atoms with Gasteiger partial charge in [-0.1, -0.05) is 30.2 Å². The number of aromatic nitrogens is 4. The molecule has 0 aliphatic heterocycles. The van der Waals surface area contributed by atoms with Crippen LogP contribution < -0.4 is 15.9 Å². The van der Waals surface area contributed by atoms with Gasteiger partial charge in [-0.05, 0) is 67.9 Å². The number of aromatic carboxylic acids is 2. The van der Waals surface area contributed by atoms with Crippen LogP contribution in [-0.4, -0.2) is 48.3 Å². The van der Waals surface area contributed by atoms with Crippen molar-refractivity contribution >= 4 is 11.9 Å². The summed E-state index contributed by atoms with van der Waals surface area (Å²) in [6, 6.07) is 18.7. The number of ether oxygens (including phenoxy) is 1. The van der Waals surface area contributed by atoms with E-state index in [-0.39, 0.29) is 28.9 Å². The number of terminal acetylenes is 1. The van der Waals surface area contributed by atoms with E-state index in [4.69, 9.17) is 11.2 Å². The number of nitrogens with zero attached hydrogens (tertiary/aromatic N) is 2. The predicted molar refractivity (Wildman–Crippen MR) is 158 cm³/mol. The van der Waals surface area contributed by atoms with Crippen LogP contribution in [0.1, 0.15) is 54.7 Å². The summed E-state index contributed by atoms with van der Waals surface area (Å²) >= 11 is 0. The quantitative estimate of drug-likeness (QED) is 0.193. The largest absolute Gasteiger partial charge is 0.481 e. The third kappa shape index (κ3) is 5.37. The van der Waals surface area contributed by atoms with Crippen molar-refractivity contribution in [1.82, 2.24) is 19.6 Å². The number of aryl methyl sites for hydroxylation is 2. The van der Waals surface area contributed by atoms with Gasteiger partial charge in [0.15, 0.2) is 0 Å². The normalized spacial score (nSPS) is 10.9. The van der Waals surface area contributed by atoms with Gasteiger partial charge >= 0.3 is 11.9 Å². The Morgan fingerprint density at radius 1 is 0.814 bits per heavy atom. The van der Waals surface area contributed by atoms with Gasteiger partial charge in [-0.2, -0.15) is 0 Å². The highest BCUT2D eigenvalue weighted by atomic mass is 16.5. The molecular formula is C32H26N4O7. The third-order valence-electron chi connectivity index (χ3n) is 7.03. The van der Waals surface area contributed by atoms with E-state index in [9.17, 15) is 29.4 Å². The van der Waals surface area contributed by atoms with Gasteiger partial charge < -0.3 is 14.9 Å². The Hall–Kier alpha value is -6.02. The third-order valence-corrected chi connectivity index (χ3v) is 7.03. The summed E-state index contributed by atoms with van der Waals surface area (Å²) in [6.45, 7) is 3.40. The number of hydrogen-bond donors (Lipinski definition) is 4. The molecule has 5 rings (SSSR count). The van der Waals surface area contributed by atoms with Crippen LogP contribution in [0.5, 0.6) is 5.75 Å². The van der Waals surface area contributed by atoms with Crippen LogP contribution in [0.4, 0.5) is 0 Å². The van der Waals surface area contributed by atoms with Crippen LogP contribution in [-0.2, 0) is 0 Å². The van der Waals surface area contributed by atoms with Crippen LogP contribution in [0.2, 0.25) is 0 Å². The predicted octanol–water partition coefficient (Wildman–Crippen LogP) is 3.85. The highest BCUT2D eigenvalue weighted by molar-refractivity contribution is 5.88. The average Bonchev–Trinajstić information content (AvgIpc) is 3.46. The van der Waals surface area contributed by atoms with Crippen LogP contribution in [0, 0.1) is 26.2 Å². The van der Waals surface area contributed by atoms with Crippen molar-refractivity contribution in [3.63, 3.8) is 0 Å². The Kier molecular flexibility index (Phi) is 7.60. The van der Waals surface area contributed by atoms with Gasteiger partial charge in [0.05, 0.1) is 33.6 Å². The fraction of sp³-hybridized carbons (Fsp3) is 0.125. The lowest BCUT2D eigenvalue weighted by molar-refractivity contribution is 0.0686. The standard InChI is InChI=1S/C32H26N4O7/c1-4-14-43-25-13-7-8-20(17-25)28(26-18(2)33-35(29(26)37)23-11-5-9-21(15-23)31(39)40)27-19(3)34-36(30(27)38)24-12-6-10-22(16-24)32(41)42/h1,5-13,15-17,28,33-34H,14H2,2-3H3,(H,39,40)(H,41,42). The first-order valence-corrected chi connectivity index (χ1v) is 13.1. The van der Waals surface area contributed by atoms with E-state index in [2.05, 4.69) is 16.1 Å². The van der Waals surface area contributed by atoms with Crippen LogP contribution in [0.15, 0.2) is 82.4 Å².